The van der Waals surface area contributed by atoms with E-state index in [0.717, 1.165) is 18.4 Å². The minimum atomic E-state index is -0.782. The zero-order chi connectivity index (χ0) is 26.5. The number of hydrogen-bond donors (Lipinski definition) is 4. The Balaban J connectivity index is 1.52. The van der Waals surface area contributed by atoms with Crippen molar-refractivity contribution in [1.82, 2.24) is 5.32 Å². The molecule has 0 aliphatic carbocycles. The molecule has 9 nitrogen and oxygen atoms in total. The number of carbonyl (C=O) groups is 2. The van der Waals surface area contributed by atoms with E-state index < -0.39 is 23.9 Å². The SMILES string of the molecule is CC(/C=C/[C@H]1O[C@H](CC(=O)CN)C[C@@]2(CO2)[C@@H]1O)=C\C[C@@H]1O[C@H](C)[C@H](NC(=O)/C=C\[C@H](C)O)C[C@@H]1C. The molecular weight excluding hydrogens is 464 g/mol. The Kier molecular flexibility index (Phi) is 10.0. The topological polar surface area (TPSA) is 144 Å². The molecule has 36 heavy (non-hydrogen) atoms. The van der Waals surface area contributed by atoms with E-state index in [2.05, 4.69) is 18.3 Å². The standard InChI is InChI=1S/C27H42N2O7/c1-16(6-9-24-26(33)27(15-34-27)13-21(36-24)12-20(31)14-28)5-8-23-17(2)11-22(19(4)35-23)29-25(32)10-7-18(3)30/h5-7,9-10,17-19,21-24,26,30,33H,8,11-15,28H2,1-4H3,(H,29,32)/b9-6+,10-7-,16-5+/t17-,18-,19+,21+,22+,23-,24+,26+,27+/m0/s1. The average Bonchev–Trinajstić information content (AvgIpc) is 3.60. The van der Waals surface area contributed by atoms with Crippen LogP contribution in [-0.4, -0.2) is 83.3 Å². The summed E-state index contributed by atoms with van der Waals surface area (Å²) in [6.07, 6.45) is 8.47. The molecule has 3 aliphatic rings. The van der Waals surface area contributed by atoms with E-state index in [0.29, 0.717) is 13.0 Å². The Morgan fingerprint density at radius 1 is 1.25 bits per heavy atom. The second-order valence-corrected chi connectivity index (χ2v) is 10.5. The van der Waals surface area contributed by atoms with Gasteiger partial charge < -0.3 is 35.5 Å². The summed E-state index contributed by atoms with van der Waals surface area (Å²) >= 11 is 0. The van der Waals surface area contributed by atoms with Crippen LogP contribution in [0, 0.1) is 5.92 Å². The molecule has 3 heterocycles. The molecule has 3 saturated heterocycles. The van der Waals surface area contributed by atoms with Crippen molar-refractivity contribution >= 4 is 11.7 Å². The van der Waals surface area contributed by atoms with Gasteiger partial charge in [0.2, 0.25) is 5.91 Å². The summed E-state index contributed by atoms with van der Waals surface area (Å²) in [5, 5.41) is 23.0. The third-order valence-corrected chi connectivity index (χ3v) is 7.26. The summed E-state index contributed by atoms with van der Waals surface area (Å²) in [5.74, 6) is -0.0562. The Labute approximate surface area is 213 Å². The highest BCUT2D eigenvalue weighted by atomic mass is 16.6. The molecule has 1 spiro atoms. The number of ketones is 1. The Hall–Kier alpha value is -1.88. The van der Waals surface area contributed by atoms with Gasteiger partial charge in [-0.3, -0.25) is 9.59 Å². The molecule has 3 rings (SSSR count). The zero-order valence-electron chi connectivity index (χ0n) is 21.8. The van der Waals surface area contributed by atoms with Gasteiger partial charge in [-0.15, -0.1) is 0 Å². The summed E-state index contributed by atoms with van der Waals surface area (Å²) in [6.45, 7) is 8.10. The van der Waals surface area contributed by atoms with Gasteiger partial charge in [0.15, 0.2) is 0 Å². The molecule has 0 aromatic carbocycles. The van der Waals surface area contributed by atoms with Crippen molar-refractivity contribution in [1.29, 1.82) is 0 Å². The Morgan fingerprint density at radius 2 is 1.97 bits per heavy atom. The number of allylic oxidation sites excluding steroid dienone is 2. The number of carbonyl (C=O) groups excluding carboxylic acids is 2. The number of amides is 1. The van der Waals surface area contributed by atoms with Crippen LogP contribution in [0.5, 0.6) is 0 Å². The van der Waals surface area contributed by atoms with E-state index in [-0.39, 0.29) is 54.9 Å². The number of rotatable bonds is 10. The number of ether oxygens (including phenoxy) is 3. The molecule has 0 unspecified atom stereocenters. The highest BCUT2D eigenvalue weighted by Gasteiger charge is 2.58. The van der Waals surface area contributed by atoms with Crippen molar-refractivity contribution in [3.63, 3.8) is 0 Å². The predicted octanol–water partition coefficient (Wildman–Crippen LogP) is 1.32. The van der Waals surface area contributed by atoms with Crippen LogP contribution < -0.4 is 11.1 Å². The Morgan fingerprint density at radius 3 is 2.61 bits per heavy atom. The maximum Gasteiger partial charge on any atom is 0.244 e. The van der Waals surface area contributed by atoms with Crippen molar-refractivity contribution in [2.75, 3.05) is 13.2 Å². The molecule has 0 radical (unpaired) electrons. The number of nitrogens with one attached hydrogen (secondary N) is 1. The molecule has 9 heteroatoms. The van der Waals surface area contributed by atoms with Crippen LogP contribution >= 0.6 is 0 Å². The fraction of sp³-hybridized carbons (Fsp3) is 0.704. The van der Waals surface area contributed by atoms with E-state index in [1.54, 1.807) is 6.92 Å². The molecule has 0 aromatic heterocycles. The third-order valence-electron chi connectivity index (χ3n) is 7.26. The van der Waals surface area contributed by atoms with Crippen LogP contribution in [0.4, 0.5) is 0 Å². The van der Waals surface area contributed by atoms with Gasteiger partial charge in [-0.1, -0.05) is 36.8 Å². The number of epoxide rings is 1. The summed E-state index contributed by atoms with van der Waals surface area (Å²) < 4.78 is 17.8. The largest absolute Gasteiger partial charge is 0.389 e. The van der Waals surface area contributed by atoms with Crippen molar-refractivity contribution in [3.05, 3.63) is 36.0 Å². The normalized spacial score (nSPS) is 38.0. The monoisotopic (exact) mass is 506 g/mol. The van der Waals surface area contributed by atoms with Crippen LogP contribution in [0.15, 0.2) is 36.0 Å². The summed E-state index contributed by atoms with van der Waals surface area (Å²) in [5.41, 5.74) is 5.84. The van der Waals surface area contributed by atoms with Gasteiger partial charge in [-0.2, -0.15) is 0 Å². The third kappa shape index (κ3) is 7.81. The van der Waals surface area contributed by atoms with Gasteiger partial charge in [-0.05, 0) is 39.5 Å². The van der Waals surface area contributed by atoms with Gasteiger partial charge in [0.25, 0.3) is 0 Å². The molecule has 9 atom stereocenters. The molecule has 0 bridgehead atoms. The smallest absolute Gasteiger partial charge is 0.244 e. The molecule has 3 fully saturated rings. The van der Waals surface area contributed by atoms with Gasteiger partial charge in [0.05, 0.1) is 43.6 Å². The van der Waals surface area contributed by atoms with Gasteiger partial charge >= 0.3 is 0 Å². The first kappa shape index (κ1) is 28.7. The van der Waals surface area contributed by atoms with Crippen molar-refractivity contribution in [2.45, 2.75) is 102 Å². The maximum atomic E-state index is 12.1. The van der Waals surface area contributed by atoms with E-state index in [9.17, 15) is 19.8 Å². The van der Waals surface area contributed by atoms with Crippen LogP contribution in [0.1, 0.15) is 53.4 Å². The lowest BCUT2D eigenvalue weighted by Crippen LogP contribution is -2.50. The molecule has 0 aromatic rings. The number of aliphatic hydroxyl groups is 2. The lowest BCUT2D eigenvalue weighted by atomic mass is 9.87. The molecule has 5 N–H and O–H groups in total. The first-order valence-corrected chi connectivity index (χ1v) is 12.9. The minimum absolute atomic E-state index is 0.0218. The number of hydrogen-bond acceptors (Lipinski definition) is 8. The number of aliphatic hydroxyl groups excluding tert-OH is 2. The van der Waals surface area contributed by atoms with Gasteiger partial charge in [-0.25, -0.2) is 0 Å². The van der Waals surface area contributed by atoms with Crippen molar-refractivity contribution in [3.8, 4) is 0 Å². The molecule has 0 saturated carbocycles. The summed E-state index contributed by atoms with van der Waals surface area (Å²) in [7, 11) is 0. The lowest BCUT2D eigenvalue weighted by molar-refractivity contribution is -0.143. The van der Waals surface area contributed by atoms with Crippen LogP contribution in [0.2, 0.25) is 0 Å². The van der Waals surface area contributed by atoms with Crippen LogP contribution in [0.3, 0.4) is 0 Å². The highest BCUT2D eigenvalue weighted by Crippen LogP contribution is 2.43. The predicted molar refractivity (Wildman–Crippen MR) is 135 cm³/mol. The first-order chi connectivity index (χ1) is 17.0. The first-order valence-electron chi connectivity index (χ1n) is 12.9. The van der Waals surface area contributed by atoms with Crippen LogP contribution in [-0.2, 0) is 23.8 Å². The number of nitrogens with two attached hydrogens (primary N) is 1. The maximum absolute atomic E-state index is 12.1. The van der Waals surface area contributed by atoms with Gasteiger partial charge in [0, 0.05) is 18.9 Å². The van der Waals surface area contributed by atoms with E-state index in [1.807, 2.05) is 26.0 Å². The highest BCUT2D eigenvalue weighted by molar-refractivity contribution is 5.87. The fourth-order valence-electron chi connectivity index (χ4n) is 4.93. The second-order valence-electron chi connectivity index (χ2n) is 10.5. The second kappa shape index (κ2) is 12.6. The summed E-state index contributed by atoms with van der Waals surface area (Å²) in [6, 6.07) is -0.0895. The minimum Gasteiger partial charge on any atom is -0.389 e. The molecular formula is C27H42N2O7. The zero-order valence-corrected chi connectivity index (χ0v) is 21.8. The Bertz CT molecular complexity index is 864. The number of Topliss-reactive ketones (excluding diaryl/α,β-unsaturated/α-hetero) is 1. The van der Waals surface area contributed by atoms with E-state index in [4.69, 9.17) is 19.9 Å². The fourth-order valence-corrected chi connectivity index (χ4v) is 4.93. The molecule has 202 valence electrons. The quantitative estimate of drug-likeness (QED) is 0.197. The van der Waals surface area contributed by atoms with Gasteiger partial charge in [0.1, 0.15) is 23.6 Å². The summed E-state index contributed by atoms with van der Waals surface area (Å²) in [4.78, 5) is 23.9. The van der Waals surface area contributed by atoms with Crippen LogP contribution in [0.25, 0.3) is 0 Å². The average molecular weight is 507 g/mol. The molecule has 3 aliphatic heterocycles. The van der Waals surface area contributed by atoms with Crippen molar-refractivity contribution < 1.29 is 34.0 Å². The lowest BCUT2D eigenvalue weighted by Gasteiger charge is -2.39. The molecule has 1 amide bonds. The van der Waals surface area contributed by atoms with E-state index in [1.165, 1.54) is 12.2 Å². The van der Waals surface area contributed by atoms with E-state index >= 15 is 0 Å². The van der Waals surface area contributed by atoms with Crippen molar-refractivity contribution in [2.24, 2.45) is 11.7 Å².